The molecule has 0 aromatic heterocycles. The van der Waals surface area contributed by atoms with E-state index in [9.17, 15) is 0 Å². The molecule has 0 spiro atoms. The number of hydrogen-bond acceptors (Lipinski definition) is 4. The van der Waals surface area contributed by atoms with E-state index in [2.05, 4.69) is 0 Å². The predicted octanol–water partition coefficient (Wildman–Crippen LogP) is 5.96. The molecule has 0 heterocycles. The maximum atomic E-state index is 15.3. The van der Waals surface area contributed by atoms with Crippen LogP contribution in [0.5, 0.6) is 0 Å². The first-order chi connectivity index (χ1) is 18.4. The number of halogens is 2. The van der Waals surface area contributed by atoms with Gasteiger partial charge < -0.3 is 22.9 Å². The maximum Gasteiger partial charge on any atom is 0.101 e. The molecule has 0 aromatic rings. The van der Waals surface area contributed by atoms with Gasteiger partial charge in [0.2, 0.25) is 0 Å². The summed E-state index contributed by atoms with van der Waals surface area (Å²) in [6.07, 6.45) is 15.1. The predicted molar refractivity (Wildman–Crippen MR) is 155 cm³/mol. The molecule has 0 bridgehead atoms. The summed E-state index contributed by atoms with van der Waals surface area (Å²) in [5, 5.41) is 0. The Morgan fingerprint density at radius 1 is 0.342 bits per heavy atom. The smallest absolute Gasteiger partial charge is 0.101 e. The number of alkyl halides is 2. The molecule has 0 amide bonds. The monoisotopic (exact) mass is 538 g/mol. The molecule has 4 fully saturated rings. The Morgan fingerprint density at radius 3 is 0.816 bits per heavy atom. The van der Waals surface area contributed by atoms with Gasteiger partial charge in [-0.3, -0.25) is 0 Å². The minimum absolute atomic E-state index is 0.343. The fraction of sp³-hybridized carbons (Fsp3) is 1.00. The van der Waals surface area contributed by atoms with Crippen LogP contribution < -0.4 is 22.9 Å². The van der Waals surface area contributed by atoms with E-state index in [4.69, 9.17) is 22.9 Å². The van der Waals surface area contributed by atoms with E-state index in [1.807, 2.05) is 0 Å². The zero-order chi connectivity index (χ0) is 27.1. The number of rotatable bonds is 11. The first-order valence-corrected chi connectivity index (χ1v) is 16.5. The van der Waals surface area contributed by atoms with Crippen molar-refractivity contribution in [3.05, 3.63) is 0 Å². The van der Waals surface area contributed by atoms with Gasteiger partial charge in [0.05, 0.1) is 0 Å². The lowest BCUT2D eigenvalue weighted by Crippen LogP contribution is -2.40. The van der Waals surface area contributed by atoms with Gasteiger partial charge in [0.15, 0.2) is 0 Å². The van der Waals surface area contributed by atoms with Crippen LogP contribution >= 0.6 is 0 Å². The van der Waals surface area contributed by atoms with Crippen molar-refractivity contribution in [2.75, 3.05) is 26.2 Å². The quantitative estimate of drug-likeness (QED) is 0.261. The van der Waals surface area contributed by atoms with E-state index in [0.29, 0.717) is 84.9 Å². The molecule has 10 atom stereocenters. The number of nitrogens with two attached hydrogens (primary N) is 4. The molecule has 4 aliphatic carbocycles. The van der Waals surface area contributed by atoms with E-state index in [-0.39, 0.29) is 0 Å². The van der Waals surface area contributed by atoms with E-state index >= 15 is 8.78 Å². The van der Waals surface area contributed by atoms with Crippen molar-refractivity contribution in [3.63, 3.8) is 0 Å². The summed E-state index contributed by atoms with van der Waals surface area (Å²) in [6, 6.07) is 0. The van der Waals surface area contributed by atoms with Gasteiger partial charge in [0.1, 0.15) is 12.3 Å². The summed E-state index contributed by atoms with van der Waals surface area (Å²) in [4.78, 5) is 0. The fourth-order valence-electron chi connectivity index (χ4n) is 10.1. The molecule has 4 saturated carbocycles. The average molecular weight is 539 g/mol. The van der Waals surface area contributed by atoms with Crippen LogP contribution in [0, 0.1) is 59.2 Å². The Bertz CT molecular complexity index is 596. The molecule has 8 N–H and O–H groups in total. The summed E-state index contributed by atoms with van der Waals surface area (Å²) < 4.78 is 30.7. The molecule has 0 aliphatic heterocycles. The molecule has 4 rings (SSSR count). The van der Waals surface area contributed by atoms with Crippen LogP contribution in [-0.2, 0) is 0 Å². The molecule has 6 heteroatoms. The zero-order valence-electron chi connectivity index (χ0n) is 24.1. The first kappa shape index (κ1) is 30.7. The van der Waals surface area contributed by atoms with Crippen LogP contribution in [-0.4, -0.2) is 38.5 Å². The lowest BCUT2D eigenvalue weighted by molar-refractivity contribution is 0.00269. The van der Waals surface area contributed by atoms with E-state index in [0.717, 1.165) is 64.7 Å². The Kier molecular flexibility index (Phi) is 12.2. The summed E-state index contributed by atoms with van der Waals surface area (Å²) >= 11 is 0. The van der Waals surface area contributed by atoms with Crippen LogP contribution in [0.25, 0.3) is 0 Å². The highest BCUT2D eigenvalue weighted by Crippen LogP contribution is 2.52. The van der Waals surface area contributed by atoms with Crippen LogP contribution in [0.3, 0.4) is 0 Å². The van der Waals surface area contributed by atoms with Gasteiger partial charge in [-0.25, -0.2) is 8.78 Å². The van der Waals surface area contributed by atoms with Crippen LogP contribution in [0.2, 0.25) is 0 Å². The third-order valence-electron chi connectivity index (χ3n) is 11.6. The Balaban J connectivity index is 1.41. The number of hydrogen-bond donors (Lipinski definition) is 4. The molecular weight excluding hydrogens is 478 g/mol. The standard InChI is InChI=1S/C32H60F2N4/c33-31-17-27(25-11-21(1-5-35)9-22(12-25)2-6-36)15-29(19-31)30-16-28(18-32(34)20-30)26-13-23(3-7-37)10-24(14-26)4-8-38/h21-32H,1-20,35-38H2. The summed E-state index contributed by atoms with van der Waals surface area (Å²) in [6.45, 7) is 2.97. The normalized spacial score (nSPS) is 44.7. The third-order valence-corrected chi connectivity index (χ3v) is 11.6. The third kappa shape index (κ3) is 8.36. The molecule has 0 saturated heterocycles. The van der Waals surface area contributed by atoms with Gasteiger partial charge in [0.25, 0.3) is 0 Å². The Hall–Kier alpha value is -0.300. The van der Waals surface area contributed by atoms with Crippen LogP contribution in [0.15, 0.2) is 0 Å². The average Bonchev–Trinajstić information content (AvgIpc) is 2.88. The largest absolute Gasteiger partial charge is 0.330 e. The minimum atomic E-state index is -0.724. The van der Waals surface area contributed by atoms with Crippen molar-refractivity contribution in [1.82, 2.24) is 0 Å². The van der Waals surface area contributed by atoms with Gasteiger partial charge in [-0.15, -0.1) is 0 Å². The SMILES string of the molecule is NCCC1CC(CCN)CC(C2CC(F)CC(C3CC(F)CC(C4CC(CCN)CC(CCN)C4)C3)C2)C1. The summed E-state index contributed by atoms with van der Waals surface area (Å²) in [7, 11) is 0. The lowest BCUT2D eigenvalue weighted by atomic mass is 9.59. The molecular formula is C32H60F2N4. The van der Waals surface area contributed by atoms with Crippen molar-refractivity contribution in [1.29, 1.82) is 0 Å². The Labute approximate surface area is 232 Å². The lowest BCUT2D eigenvalue weighted by Gasteiger charge is -2.47. The maximum absolute atomic E-state index is 15.3. The highest BCUT2D eigenvalue weighted by molar-refractivity contribution is 4.94. The van der Waals surface area contributed by atoms with E-state index < -0.39 is 12.3 Å². The van der Waals surface area contributed by atoms with Gasteiger partial charge in [-0.2, -0.15) is 0 Å². The summed E-state index contributed by atoms with van der Waals surface area (Å²) in [5.41, 5.74) is 23.8. The molecule has 4 aliphatic rings. The van der Waals surface area contributed by atoms with Gasteiger partial charge in [-0.05, 0) is 188 Å². The molecule has 38 heavy (non-hydrogen) atoms. The van der Waals surface area contributed by atoms with Crippen molar-refractivity contribution in [3.8, 4) is 0 Å². The van der Waals surface area contributed by atoms with Crippen LogP contribution in [0.4, 0.5) is 8.78 Å². The first-order valence-electron chi connectivity index (χ1n) is 16.5. The second-order valence-electron chi connectivity index (χ2n) is 14.4. The summed E-state index contributed by atoms with van der Waals surface area (Å²) in [5.74, 6) is 5.41. The van der Waals surface area contributed by atoms with Gasteiger partial charge in [-0.1, -0.05) is 0 Å². The molecule has 4 nitrogen and oxygen atoms in total. The highest BCUT2D eigenvalue weighted by atomic mass is 19.1. The van der Waals surface area contributed by atoms with Crippen LogP contribution in [0.1, 0.15) is 103 Å². The molecule has 0 radical (unpaired) electrons. The Morgan fingerprint density at radius 2 is 0.579 bits per heavy atom. The van der Waals surface area contributed by atoms with Crippen molar-refractivity contribution in [2.45, 2.75) is 115 Å². The topological polar surface area (TPSA) is 104 Å². The minimum Gasteiger partial charge on any atom is -0.330 e. The van der Waals surface area contributed by atoms with Crippen molar-refractivity contribution < 1.29 is 8.78 Å². The van der Waals surface area contributed by atoms with E-state index in [1.54, 1.807) is 0 Å². The highest BCUT2D eigenvalue weighted by Gasteiger charge is 2.44. The molecule has 222 valence electrons. The van der Waals surface area contributed by atoms with Crippen molar-refractivity contribution >= 4 is 0 Å². The zero-order valence-corrected chi connectivity index (χ0v) is 24.1. The second-order valence-corrected chi connectivity index (χ2v) is 14.4. The fourth-order valence-corrected chi connectivity index (χ4v) is 10.1. The van der Waals surface area contributed by atoms with Gasteiger partial charge in [0, 0.05) is 0 Å². The van der Waals surface area contributed by atoms with Crippen molar-refractivity contribution in [2.24, 2.45) is 82.1 Å². The van der Waals surface area contributed by atoms with Gasteiger partial charge >= 0.3 is 0 Å². The second kappa shape index (κ2) is 15.1. The van der Waals surface area contributed by atoms with E-state index in [1.165, 1.54) is 38.5 Å². The molecule has 0 aromatic carbocycles. The molecule has 10 unspecified atom stereocenters.